The zero-order valence-corrected chi connectivity index (χ0v) is 12.9. The standard InChI is InChI=1S/C16H29N3/c1-5-19-9-8-18-15(19)11-12-10-13(16(2,3)4)6-7-14(12)17/h8-9,12-14H,5-7,10-11,17H2,1-4H3. The molecule has 3 atom stereocenters. The monoisotopic (exact) mass is 263 g/mol. The summed E-state index contributed by atoms with van der Waals surface area (Å²) >= 11 is 0. The smallest absolute Gasteiger partial charge is 0.108 e. The Labute approximate surface area is 117 Å². The number of nitrogens with two attached hydrogens (primary N) is 1. The first-order valence-corrected chi connectivity index (χ1v) is 7.67. The molecule has 19 heavy (non-hydrogen) atoms. The first kappa shape index (κ1) is 14.6. The minimum absolute atomic E-state index is 0.348. The Kier molecular flexibility index (Phi) is 4.34. The van der Waals surface area contributed by atoms with E-state index >= 15 is 0 Å². The third kappa shape index (κ3) is 3.38. The molecule has 0 saturated heterocycles. The molecule has 1 aromatic heterocycles. The summed E-state index contributed by atoms with van der Waals surface area (Å²) in [6.07, 6.45) is 8.72. The molecule has 0 amide bonds. The molecule has 0 aromatic carbocycles. The van der Waals surface area contributed by atoms with Crippen molar-refractivity contribution in [2.45, 2.75) is 66.0 Å². The van der Waals surface area contributed by atoms with Crippen molar-refractivity contribution in [3.63, 3.8) is 0 Å². The summed E-state index contributed by atoms with van der Waals surface area (Å²) in [5.41, 5.74) is 6.76. The Morgan fingerprint density at radius 1 is 1.37 bits per heavy atom. The molecule has 1 saturated carbocycles. The fraction of sp³-hybridized carbons (Fsp3) is 0.812. The maximum atomic E-state index is 6.36. The lowest BCUT2D eigenvalue weighted by Gasteiger charge is -2.40. The third-order valence-electron chi connectivity index (χ3n) is 4.85. The average Bonchev–Trinajstić information content (AvgIpc) is 2.77. The van der Waals surface area contributed by atoms with Gasteiger partial charge >= 0.3 is 0 Å². The fourth-order valence-corrected chi connectivity index (χ4v) is 3.36. The molecule has 3 heteroatoms. The predicted molar refractivity (Wildman–Crippen MR) is 79.9 cm³/mol. The summed E-state index contributed by atoms with van der Waals surface area (Å²) in [5, 5.41) is 0. The number of hydrogen-bond acceptors (Lipinski definition) is 2. The second kappa shape index (κ2) is 5.66. The molecule has 0 aliphatic heterocycles. The summed E-state index contributed by atoms with van der Waals surface area (Å²) in [6.45, 7) is 10.2. The van der Waals surface area contributed by atoms with Crippen LogP contribution >= 0.6 is 0 Å². The summed E-state index contributed by atoms with van der Waals surface area (Å²) in [6, 6.07) is 0.348. The number of imidazole rings is 1. The molecule has 0 spiro atoms. The summed E-state index contributed by atoms with van der Waals surface area (Å²) < 4.78 is 2.24. The number of hydrogen-bond donors (Lipinski definition) is 1. The van der Waals surface area contributed by atoms with Crippen molar-refractivity contribution >= 4 is 0 Å². The fourth-order valence-electron chi connectivity index (χ4n) is 3.36. The highest BCUT2D eigenvalue weighted by molar-refractivity contribution is 4.98. The lowest BCUT2D eigenvalue weighted by atomic mass is 9.67. The lowest BCUT2D eigenvalue weighted by Crippen LogP contribution is -2.40. The van der Waals surface area contributed by atoms with Crippen molar-refractivity contribution in [2.75, 3.05) is 0 Å². The van der Waals surface area contributed by atoms with Crippen LogP contribution in [0.4, 0.5) is 0 Å². The molecule has 2 N–H and O–H groups in total. The van der Waals surface area contributed by atoms with E-state index in [1.54, 1.807) is 0 Å². The number of rotatable bonds is 3. The van der Waals surface area contributed by atoms with Gasteiger partial charge in [0.05, 0.1) is 0 Å². The normalized spacial score (nSPS) is 28.6. The zero-order chi connectivity index (χ0) is 14.0. The van der Waals surface area contributed by atoms with E-state index in [0.29, 0.717) is 17.4 Å². The van der Waals surface area contributed by atoms with E-state index in [0.717, 1.165) is 18.9 Å². The predicted octanol–water partition coefficient (Wildman–Crippen LogP) is 3.24. The molecule has 3 unspecified atom stereocenters. The van der Waals surface area contributed by atoms with Crippen LogP contribution in [0.1, 0.15) is 52.8 Å². The minimum atomic E-state index is 0.348. The van der Waals surface area contributed by atoms with Crippen LogP contribution in [0.5, 0.6) is 0 Å². The topological polar surface area (TPSA) is 43.8 Å². The molecule has 1 heterocycles. The molecular formula is C16H29N3. The molecule has 0 bridgehead atoms. The second-order valence-corrected chi connectivity index (χ2v) is 7.13. The summed E-state index contributed by atoms with van der Waals surface area (Å²) in [7, 11) is 0. The van der Waals surface area contributed by atoms with Crippen LogP contribution in [0.3, 0.4) is 0 Å². The molecule has 1 aliphatic rings. The van der Waals surface area contributed by atoms with E-state index in [1.807, 2.05) is 6.20 Å². The van der Waals surface area contributed by atoms with Gasteiger partial charge in [0.2, 0.25) is 0 Å². The van der Waals surface area contributed by atoms with Crippen LogP contribution in [0.15, 0.2) is 12.4 Å². The highest BCUT2D eigenvalue weighted by Crippen LogP contribution is 2.40. The maximum absolute atomic E-state index is 6.36. The molecular weight excluding hydrogens is 234 g/mol. The average molecular weight is 263 g/mol. The van der Waals surface area contributed by atoms with E-state index in [-0.39, 0.29) is 0 Å². The van der Waals surface area contributed by atoms with Gasteiger partial charge in [-0.3, -0.25) is 0 Å². The van der Waals surface area contributed by atoms with Gasteiger partial charge in [-0.05, 0) is 43.4 Å². The second-order valence-electron chi connectivity index (χ2n) is 7.13. The van der Waals surface area contributed by atoms with Gasteiger partial charge in [-0.2, -0.15) is 0 Å². The van der Waals surface area contributed by atoms with Crippen molar-refractivity contribution in [3.8, 4) is 0 Å². The van der Waals surface area contributed by atoms with E-state index in [1.165, 1.54) is 25.1 Å². The number of aromatic nitrogens is 2. The van der Waals surface area contributed by atoms with Crippen LogP contribution in [-0.4, -0.2) is 15.6 Å². The van der Waals surface area contributed by atoms with Crippen molar-refractivity contribution in [1.82, 2.24) is 9.55 Å². The molecule has 2 rings (SSSR count). The molecule has 1 aliphatic carbocycles. The molecule has 0 radical (unpaired) electrons. The molecule has 108 valence electrons. The first-order chi connectivity index (χ1) is 8.91. The Morgan fingerprint density at radius 2 is 2.11 bits per heavy atom. The van der Waals surface area contributed by atoms with Crippen molar-refractivity contribution < 1.29 is 0 Å². The third-order valence-corrected chi connectivity index (χ3v) is 4.85. The van der Waals surface area contributed by atoms with Gasteiger partial charge in [0.15, 0.2) is 0 Å². The van der Waals surface area contributed by atoms with Gasteiger partial charge in [0.25, 0.3) is 0 Å². The van der Waals surface area contributed by atoms with Gasteiger partial charge in [-0.15, -0.1) is 0 Å². The van der Waals surface area contributed by atoms with E-state index in [9.17, 15) is 0 Å². The van der Waals surface area contributed by atoms with Crippen LogP contribution < -0.4 is 5.73 Å². The molecule has 1 fully saturated rings. The number of aryl methyl sites for hydroxylation is 1. The van der Waals surface area contributed by atoms with Crippen LogP contribution in [0.2, 0.25) is 0 Å². The van der Waals surface area contributed by atoms with Gasteiger partial charge in [-0.25, -0.2) is 4.98 Å². The summed E-state index contributed by atoms with van der Waals surface area (Å²) in [5.74, 6) is 2.59. The van der Waals surface area contributed by atoms with E-state index in [2.05, 4.69) is 43.4 Å². The Hall–Kier alpha value is -0.830. The lowest BCUT2D eigenvalue weighted by molar-refractivity contribution is 0.125. The van der Waals surface area contributed by atoms with Crippen LogP contribution in [0.25, 0.3) is 0 Å². The largest absolute Gasteiger partial charge is 0.335 e. The quantitative estimate of drug-likeness (QED) is 0.910. The van der Waals surface area contributed by atoms with Crippen molar-refractivity contribution in [3.05, 3.63) is 18.2 Å². The van der Waals surface area contributed by atoms with Crippen molar-refractivity contribution in [1.29, 1.82) is 0 Å². The Morgan fingerprint density at radius 3 is 2.74 bits per heavy atom. The van der Waals surface area contributed by atoms with Crippen LogP contribution in [0, 0.1) is 17.3 Å². The zero-order valence-electron chi connectivity index (χ0n) is 12.9. The maximum Gasteiger partial charge on any atom is 0.108 e. The Balaban J connectivity index is 2.06. The SMILES string of the molecule is CCn1ccnc1CC1CC(C(C)(C)C)CCC1N. The summed E-state index contributed by atoms with van der Waals surface area (Å²) in [4.78, 5) is 4.51. The van der Waals surface area contributed by atoms with Gasteiger partial charge in [0.1, 0.15) is 5.82 Å². The van der Waals surface area contributed by atoms with Crippen molar-refractivity contribution in [2.24, 2.45) is 23.0 Å². The van der Waals surface area contributed by atoms with Gasteiger partial charge < -0.3 is 10.3 Å². The van der Waals surface area contributed by atoms with E-state index < -0.39 is 0 Å². The molecule has 1 aromatic rings. The Bertz CT molecular complexity index is 402. The highest BCUT2D eigenvalue weighted by atomic mass is 15.1. The van der Waals surface area contributed by atoms with Crippen LogP contribution in [-0.2, 0) is 13.0 Å². The van der Waals surface area contributed by atoms with Gasteiger partial charge in [0, 0.05) is 31.4 Å². The van der Waals surface area contributed by atoms with E-state index in [4.69, 9.17) is 5.73 Å². The van der Waals surface area contributed by atoms with Gasteiger partial charge in [-0.1, -0.05) is 20.8 Å². The minimum Gasteiger partial charge on any atom is -0.335 e. The number of nitrogens with zero attached hydrogens (tertiary/aromatic N) is 2. The first-order valence-electron chi connectivity index (χ1n) is 7.67. The molecule has 3 nitrogen and oxygen atoms in total. The highest BCUT2D eigenvalue weighted by Gasteiger charge is 2.34.